The van der Waals surface area contributed by atoms with Crippen molar-refractivity contribution in [3.63, 3.8) is 0 Å². The molecule has 1 unspecified atom stereocenters. The van der Waals surface area contributed by atoms with Crippen molar-refractivity contribution in [3.8, 4) is 0 Å². The molecule has 0 spiro atoms. The van der Waals surface area contributed by atoms with Gasteiger partial charge in [-0.15, -0.1) is 11.6 Å². The van der Waals surface area contributed by atoms with Gasteiger partial charge in [0.1, 0.15) is 5.82 Å². The Labute approximate surface area is 130 Å². The van der Waals surface area contributed by atoms with Crippen molar-refractivity contribution in [3.05, 3.63) is 29.6 Å². The normalized spacial score (nSPS) is 13.0. The maximum Gasteiger partial charge on any atom is 0.127 e. The van der Waals surface area contributed by atoms with E-state index in [1.807, 2.05) is 18.7 Å². The zero-order valence-corrected chi connectivity index (χ0v) is 14.1. The summed E-state index contributed by atoms with van der Waals surface area (Å²) in [6, 6.07) is 6.46. The van der Waals surface area contributed by atoms with Crippen LogP contribution in [0, 0.1) is 6.92 Å². The van der Waals surface area contributed by atoms with Crippen LogP contribution in [0.1, 0.15) is 43.0 Å². The second-order valence-electron chi connectivity index (χ2n) is 5.28. The van der Waals surface area contributed by atoms with Crippen LogP contribution in [0.3, 0.4) is 0 Å². The summed E-state index contributed by atoms with van der Waals surface area (Å²) in [5.74, 6) is 2.25. The highest BCUT2D eigenvalue weighted by Crippen LogP contribution is 2.25. The molecule has 0 aliphatic rings. The van der Waals surface area contributed by atoms with Crippen molar-refractivity contribution < 1.29 is 0 Å². The third kappa shape index (κ3) is 3.70. The molecule has 0 radical (unpaired) electrons. The van der Waals surface area contributed by atoms with Crippen LogP contribution >= 0.6 is 23.4 Å². The van der Waals surface area contributed by atoms with E-state index in [2.05, 4.69) is 35.9 Å². The first kappa shape index (κ1) is 15.7. The van der Waals surface area contributed by atoms with Crippen LogP contribution < -0.4 is 0 Å². The number of imidazole rings is 1. The lowest BCUT2D eigenvalue weighted by molar-refractivity contribution is 0.593. The zero-order chi connectivity index (χ0) is 14.5. The van der Waals surface area contributed by atoms with Crippen LogP contribution in [0.2, 0.25) is 0 Å². The zero-order valence-electron chi connectivity index (χ0n) is 12.5. The Morgan fingerprint density at radius 2 is 2.10 bits per heavy atom. The largest absolute Gasteiger partial charge is 0.327 e. The molecule has 1 atom stereocenters. The van der Waals surface area contributed by atoms with Gasteiger partial charge >= 0.3 is 0 Å². The number of benzene rings is 1. The molecule has 2 nitrogen and oxygen atoms in total. The highest BCUT2D eigenvalue weighted by atomic mass is 35.5. The number of rotatable bonds is 7. The van der Waals surface area contributed by atoms with E-state index in [9.17, 15) is 0 Å². The van der Waals surface area contributed by atoms with Gasteiger partial charge in [-0.2, -0.15) is 11.8 Å². The molecule has 0 fully saturated rings. The molecule has 0 saturated heterocycles. The number of hydrogen-bond acceptors (Lipinski definition) is 2. The Bertz CT molecular complexity index is 563. The Morgan fingerprint density at radius 3 is 2.80 bits per heavy atom. The van der Waals surface area contributed by atoms with Gasteiger partial charge in [-0.3, -0.25) is 0 Å². The van der Waals surface area contributed by atoms with Crippen molar-refractivity contribution in [1.82, 2.24) is 9.55 Å². The average molecular weight is 311 g/mol. The van der Waals surface area contributed by atoms with Gasteiger partial charge in [0.15, 0.2) is 0 Å². The Hall–Kier alpha value is -0.670. The summed E-state index contributed by atoms with van der Waals surface area (Å²) < 4.78 is 2.30. The minimum Gasteiger partial charge on any atom is -0.327 e. The monoisotopic (exact) mass is 310 g/mol. The molecule has 1 aromatic carbocycles. The summed E-state index contributed by atoms with van der Waals surface area (Å²) in [5, 5.41) is -0.0473. The predicted octanol–water partition coefficient (Wildman–Crippen LogP) is 5.18. The number of aromatic nitrogens is 2. The number of unbranched alkanes of at least 4 members (excludes halogenated alkanes) is 2. The summed E-state index contributed by atoms with van der Waals surface area (Å²) in [7, 11) is 0. The van der Waals surface area contributed by atoms with Crippen molar-refractivity contribution in [1.29, 1.82) is 0 Å². The van der Waals surface area contributed by atoms with Gasteiger partial charge in [0.25, 0.3) is 0 Å². The first-order valence-corrected chi connectivity index (χ1v) is 9.06. The minimum atomic E-state index is -0.0473. The van der Waals surface area contributed by atoms with E-state index in [1.165, 1.54) is 36.1 Å². The van der Waals surface area contributed by atoms with Crippen LogP contribution in [0.4, 0.5) is 0 Å². The highest BCUT2D eigenvalue weighted by molar-refractivity contribution is 7.98. The maximum absolute atomic E-state index is 6.30. The minimum absolute atomic E-state index is 0.0473. The number of thioether (sulfide) groups is 1. The summed E-state index contributed by atoms with van der Waals surface area (Å²) in [6.45, 7) is 5.12. The summed E-state index contributed by atoms with van der Waals surface area (Å²) in [6.07, 6.45) is 5.91. The van der Waals surface area contributed by atoms with Crippen molar-refractivity contribution in [2.45, 2.75) is 45.0 Å². The fourth-order valence-corrected chi connectivity index (χ4v) is 3.15. The van der Waals surface area contributed by atoms with Crippen molar-refractivity contribution in [2.24, 2.45) is 0 Å². The molecule has 0 N–H and O–H groups in total. The quantitative estimate of drug-likeness (QED) is 0.518. The summed E-state index contributed by atoms with van der Waals surface area (Å²) >= 11 is 8.22. The second kappa shape index (κ2) is 7.37. The van der Waals surface area contributed by atoms with Crippen LogP contribution in [0.25, 0.3) is 11.0 Å². The fourth-order valence-electron chi connectivity index (χ4n) is 2.49. The molecule has 0 aliphatic carbocycles. The summed E-state index contributed by atoms with van der Waals surface area (Å²) in [5.41, 5.74) is 3.52. The Balaban J connectivity index is 2.18. The molecule has 2 rings (SSSR count). The third-order valence-corrected chi connectivity index (χ3v) is 4.41. The lowest BCUT2D eigenvalue weighted by Crippen LogP contribution is -2.04. The molecule has 2 aromatic rings. The lowest BCUT2D eigenvalue weighted by atomic mass is 10.2. The van der Waals surface area contributed by atoms with E-state index in [0.717, 1.165) is 17.9 Å². The van der Waals surface area contributed by atoms with E-state index in [4.69, 9.17) is 16.6 Å². The average Bonchev–Trinajstić information content (AvgIpc) is 2.76. The van der Waals surface area contributed by atoms with E-state index in [-0.39, 0.29) is 5.38 Å². The van der Waals surface area contributed by atoms with Gasteiger partial charge in [0, 0.05) is 6.54 Å². The predicted molar refractivity (Wildman–Crippen MR) is 91.0 cm³/mol. The highest BCUT2D eigenvalue weighted by Gasteiger charge is 2.14. The molecular weight excluding hydrogens is 288 g/mol. The van der Waals surface area contributed by atoms with Crippen LogP contribution in [-0.2, 0) is 6.54 Å². The van der Waals surface area contributed by atoms with Crippen molar-refractivity contribution in [2.75, 3.05) is 12.0 Å². The van der Waals surface area contributed by atoms with Crippen LogP contribution in [0.5, 0.6) is 0 Å². The first-order valence-electron chi connectivity index (χ1n) is 7.23. The molecule has 0 amide bonds. The number of fused-ring (bicyclic) bond motifs is 1. The van der Waals surface area contributed by atoms with Crippen LogP contribution in [0.15, 0.2) is 18.2 Å². The molecule has 20 heavy (non-hydrogen) atoms. The van der Waals surface area contributed by atoms with Gasteiger partial charge < -0.3 is 4.57 Å². The molecular formula is C16H23ClN2S. The number of aryl methyl sites for hydroxylation is 2. The third-order valence-electron chi connectivity index (χ3n) is 3.52. The SMILES string of the molecule is CSCCCCCn1c(C(C)Cl)nc2cc(C)ccc21. The molecule has 4 heteroatoms. The van der Waals surface area contributed by atoms with Gasteiger partial charge in [-0.1, -0.05) is 12.5 Å². The second-order valence-corrected chi connectivity index (χ2v) is 6.92. The van der Waals surface area contributed by atoms with Gasteiger partial charge in [-0.25, -0.2) is 4.98 Å². The smallest absolute Gasteiger partial charge is 0.127 e. The van der Waals surface area contributed by atoms with E-state index in [0.29, 0.717) is 0 Å². The first-order chi connectivity index (χ1) is 9.63. The standard InChI is InChI=1S/C16H23ClN2S/c1-12-7-8-15-14(11-12)18-16(13(2)17)19(15)9-5-4-6-10-20-3/h7-8,11,13H,4-6,9-10H2,1-3H3. The topological polar surface area (TPSA) is 17.8 Å². The lowest BCUT2D eigenvalue weighted by Gasteiger charge is -2.10. The van der Waals surface area contributed by atoms with E-state index in [1.54, 1.807) is 0 Å². The number of halogens is 1. The number of alkyl halides is 1. The molecule has 1 heterocycles. The number of nitrogens with zero attached hydrogens (tertiary/aromatic N) is 2. The molecule has 0 aliphatic heterocycles. The maximum atomic E-state index is 6.30. The van der Waals surface area contributed by atoms with Gasteiger partial charge in [0.2, 0.25) is 0 Å². The fraction of sp³-hybridized carbons (Fsp3) is 0.562. The van der Waals surface area contributed by atoms with E-state index < -0.39 is 0 Å². The Kier molecular flexibility index (Phi) is 5.79. The molecule has 110 valence electrons. The molecule has 1 aromatic heterocycles. The summed E-state index contributed by atoms with van der Waals surface area (Å²) in [4.78, 5) is 4.71. The molecule has 0 saturated carbocycles. The Morgan fingerprint density at radius 1 is 1.30 bits per heavy atom. The van der Waals surface area contributed by atoms with Crippen molar-refractivity contribution >= 4 is 34.4 Å². The number of hydrogen-bond donors (Lipinski definition) is 0. The van der Waals surface area contributed by atoms with Gasteiger partial charge in [0.05, 0.1) is 16.4 Å². The van der Waals surface area contributed by atoms with E-state index >= 15 is 0 Å². The molecule has 0 bridgehead atoms. The van der Waals surface area contributed by atoms with Crippen LogP contribution in [-0.4, -0.2) is 21.6 Å². The van der Waals surface area contributed by atoms with Gasteiger partial charge in [-0.05, 0) is 56.4 Å².